The van der Waals surface area contributed by atoms with Gasteiger partial charge in [-0.1, -0.05) is 42.5 Å². The largest absolute Gasteiger partial charge is 0.463 e. The van der Waals surface area contributed by atoms with E-state index in [1.54, 1.807) is 0 Å². The lowest BCUT2D eigenvalue weighted by Crippen LogP contribution is -2.14. The average molecular weight is 412 g/mol. The molecule has 0 fully saturated rings. The van der Waals surface area contributed by atoms with Crippen molar-refractivity contribution < 1.29 is 18.3 Å². The highest BCUT2D eigenvalue weighted by Crippen LogP contribution is 2.30. The summed E-state index contributed by atoms with van der Waals surface area (Å²) in [5.41, 5.74) is 5.61. The van der Waals surface area contributed by atoms with Gasteiger partial charge < -0.3 is 13.9 Å². The van der Waals surface area contributed by atoms with Gasteiger partial charge in [0.05, 0.1) is 24.0 Å². The average Bonchev–Trinajstić information content (AvgIpc) is 2.98. The molecule has 0 radical (unpaired) electrons. The normalized spacial score (nSPS) is 12.2. The van der Waals surface area contributed by atoms with Gasteiger partial charge >= 0.3 is 5.97 Å². The smallest absolute Gasteiger partial charge is 0.310 e. The van der Waals surface area contributed by atoms with E-state index in [0.717, 1.165) is 33.8 Å². The molecule has 0 aliphatic heterocycles. The molecule has 0 spiro atoms. The lowest BCUT2D eigenvalue weighted by atomic mass is 10.1. The highest BCUT2D eigenvalue weighted by Gasteiger charge is 2.18. The molecule has 1 N–H and O–H groups in total. The Morgan fingerprint density at radius 3 is 2.34 bits per heavy atom. The summed E-state index contributed by atoms with van der Waals surface area (Å²) in [5.74, 6) is -0.147. The summed E-state index contributed by atoms with van der Waals surface area (Å²) >= 11 is -1.87. The van der Waals surface area contributed by atoms with Crippen molar-refractivity contribution in [3.63, 3.8) is 0 Å². The minimum absolute atomic E-state index is 0.102. The van der Waals surface area contributed by atoms with Gasteiger partial charge in [-0.2, -0.15) is 0 Å². The molecule has 3 aromatic rings. The number of esters is 1. The number of hydrogen-bond acceptors (Lipinski definition) is 3. The van der Waals surface area contributed by atoms with E-state index in [4.69, 9.17) is 9.29 Å². The molecule has 29 heavy (non-hydrogen) atoms. The molecular formula is C23H25NO4S. The van der Waals surface area contributed by atoms with Crippen LogP contribution in [0.25, 0.3) is 16.9 Å². The summed E-state index contributed by atoms with van der Waals surface area (Å²) in [6.07, 6.45) is 0.0569. The van der Waals surface area contributed by atoms with Gasteiger partial charge in [-0.15, -0.1) is 0 Å². The van der Waals surface area contributed by atoms with Crippen LogP contribution in [-0.2, 0) is 32.8 Å². The molecule has 152 valence electrons. The predicted molar refractivity (Wildman–Crippen MR) is 115 cm³/mol. The maximum atomic E-state index is 12.2. The highest BCUT2D eigenvalue weighted by atomic mass is 32.2. The summed E-state index contributed by atoms with van der Waals surface area (Å²) in [6, 6.07) is 19.6. The van der Waals surface area contributed by atoms with Crippen LogP contribution < -0.4 is 0 Å². The first-order valence-corrected chi connectivity index (χ1v) is 10.8. The number of para-hydroxylation sites is 1. The molecular weight excluding hydrogens is 386 g/mol. The lowest BCUT2D eigenvalue weighted by Gasteiger charge is -2.13. The fourth-order valence-corrected chi connectivity index (χ4v) is 3.81. The van der Waals surface area contributed by atoms with Crippen molar-refractivity contribution in [2.75, 3.05) is 0 Å². The van der Waals surface area contributed by atoms with E-state index in [2.05, 4.69) is 4.57 Å². The van der Waals surface area contributed by atoms with E-state index < -0.39 is 11.1 Å². The zero-order valence-electron chi connectivity index (χ0n) is 16.8. The Morgan fingerprint density at radius 2 is 1.76 bits per heavy atom. The molecule has 0 saturated carbocycles. The quantitative estimate of drug-likeness (QED) is 0.453. The van der Waals surface area contributed by atoms with Crippen molar-refractivity contribution in [3.8, 4) is 16.9 Å². The van der Waals surface area contributed by atoms with Crippen LogP contribution in [0, 0.1) is 6.92 Å². The molecule has 0 bridgehead atoms. The van der Waals surface area contributed by atoms with Gasteiger partial charge in [0.25, 0.3) is 0 Å². The number of benzene rings is 2. The number of nitrogens with zero attached hydrogens (tertiary/aromatic N) is 1. The first-order valence-electron chi connectivity index (χ1n) is 9.48. The zero-order chi connectivity index (χ0) is 21.0. The van der Waals surface area contributed by atoms with Crippen LogP contribution in [0.2, 0.25) is 0 Å². The monoisotopic (exact) mass is 411 g/mol. The lowest BCUT2D eigenvalue weighted by molar-refractivity contribution is -0.146. The number of rotatable bonds is 7. The van der Waals surface area contributed by atoms with Crippen molar-refractivity contribution >= 4 is 17.0 Å². The molecule has 1 unspecified atom stereocenters. The van der Waals surface area contributed by atoms with Crippen molar-refractivity contribution in [3.05, 3.63) is 77.5 Å². The molecule has 0 aliphatic rings. The topological polar surface area (TPSA) is 68.5 Å². The molecule has 3 rings (SSSR count). The second kappa shape index (κ2) is 9.20. The minimum atomic E-state index is -1.87. The van der Waals surface area contributed by atoms with Crippen LogP contribution in [-0.4, -0.2) is 25.4 Å². The maximum Gasteiger partial charge on any atom is 0.310 e. The summed E-state index contributed by atoms with van der Waals surface area (Å²) in [7, 11) is 0. The Morgan fingerprint density at radius 1 is 1.10 bits per heavy atom. The van der Waals surface area contributed by atoms with E-state index in [9.17, 15) is 9.00 Å². The predicted octanol–water partition coefficient (Wildman–Crippen LogP) is 4.67. The summed E-state index contributed by atoms with van der Waals surface area (Å²) in [5, 5.41) is 0. The zero-order valence-corrected chi connectivity index (χ0v) is 17.6. The molecule has 2 aromatic carbocycles. The molecule has 0 amide bonds. The fraction of sp³-hybridized carbons (Fsp3) is 0.261. The molecule has 1 heterocycles. The Kier molecular flexibility index (Phi) is 6.67. The summed E-state index contributed by atoms with van der Waals surface area (Å²) < 4.78 is 27.6. The third-order valence-electron chi connectivity index (χ3n) is 4.61. The standard InChI is InChI=1S/C23H25NO4S/c1-16(2)28-23(25)14-20-13-22(19-11-9-18(10-12-19)15-29(26)27)24(17(20)3)21-7-5-4-6-8-21/h4-13,16H,14-15H2,1-3H3,(H,26,27). The van der Waals surface area contributed by atoms with Gasteiger partial charge in [0.15, 0.2) is 11.1 Å². The summed E-state index contributed by atoms with van der Waals surface area (Å²) in [6.45, 7) is 5.68. The molecule has 1 atom stereocenters. The van der Waals surface area contributed by atoms with E-state index in [1.165, 1.54) is 0 Å². The van der Waals surface area contributed by atoms with Crippen LogP contribution >= 0.6 is 0 Å². The van der Waals surface area contributed by atoms with Gasteiger partial charge in [0.2, 0.25) is 0 Å². The third kappa shape index (κ3) is 5.22. The second-order valence-corrected chi connectivity index (χ2v) is 8.12. The van der Waals surface area contributed by atoms with Gasteiger partial charge in [-0.05, 0) is 55.7 Å². The fourth-order valence-electron chi connectivity index (χ4n) is 3.33. The van der Waals surface area contributed by atoms with Gasteiger partial charge in [0, 0.05) is 11.4 Å². The molecule has 0 saturated heterocycles. The van der Waals surface area contributed by atoms with Crippen molar-refractivity contribution in [2.45, 2.75) is 39.0 Å². The second-order valence-electron chi connectivity index (χ2n) is 7.19. The molecule has 6 heteroatoms. The number of aromatic nitrogens is 1. The Labute approximate surface area is 173 Å². The molecule has 5 nitrogen and oxygen atoms in total. The number of hydrogen-bond donors (Lipinski definition) is 1. The van der Waals surface area contributed by atoms with E-state index in [-0.39, 0.29) is 24.2 Å². The van der Waals surface area contributed by atoms with E-state index >= 15 is 0 Å². The summed E-state index contributed by atoms with van der Waals surface area (Å²) in [4.78, 5) is 12.2. The van der Waals surface area contributed by atoms with Gasteiger partial charge in [0.1, 0.15) is 0 Å². The minimum Gasteiger partial charge on any atom is -0.463 e. The van der Waals surface area contributed by atoms with E-state index in [0.29, 0.717) is 0 Å². The van der Waals surface area contributed by atoms with Crippen LogP contribution in [0.1, 0.15) is 30.7 Å². The number of carbonyl (C=O) groups excluding carboxylic acids is 1. The van der Waals surface area contributed by atoms with Crippen LogP contribution in [0.15, 0.2) is 60.7 Å². The first-order chi connectivity index (χ1) is 13.8. The SMILES string of the molecule is Cc1c(CC(=O)OC(C)C)cc(-c2ccc(CS(=O)O)cc2)n1-c1ccccc1. The Balaban J connectivity index is 2.04. The first kappa shape index (κ1) is 21.0. The van der Waals surface area contributed by atoms with Crippen molar-refractivity contribution in [2.24, 2.45) is 0 Å². The molecule has 1 aromatic heterocycles. The third-order valence-corrected chi connectivity index (χ3v) is 5.19. The van der Waals surface area contributed by atoms with Crippen LogP contribution in [0.3, 0.4) is 0 Å². The van der Waals surface area contributed by atoms with Crippen LogP contribution in [0.4, 0.5) is 0 Å². The van der Waals surface area contributed by atoms with Gasteiger partial charge in [-0.3, -0.25) is 4.79 Å². The highest BCUT2D eigenvalue weighted by molar-refractivity contribution is 7.78. The van der Waals surface area contributed by atoms with Crippen molar-refractivity contribution in [1.29, 1.82) is 0 Å². The maximum absolute atomic E-state index is 12.2. The molecule has 0 aliphatic carbocycles. The van der Waals surface area contributed by atoms with E-state index in [1.807, 2.05) is 81.4 Å². The number of ether oxygens (including phenoxy) is 1. The van der Waals surface area contributed by atoms with Crippen LogP contribution in [0.5, 0.6) is 0 Å². The number of carbonyl (C=O) groups is 1. The Bertz CT molecular complexity index is 1010. The van der Waals surface area contributed by atoms with Crippen molar-refractivity contribution in [1.82, 2.24) is 4.57 Å². The Hall–Kier alpha value is -2.70. The van der Waals surface area contributed by atoms with Gasteiger partial charge in [-0.25, -0.2) is 4.21 Å².